The maximum Gasteiger partial charge on any atom is 0.453 e. The zero-order valence-electron chi connectivity index (χ0n) is 27.4. The van der Waals surface area contributed by atoms with E-state index in [1.165, 1.54) is 75.8 Å². The molecule has 0 spiro atoms. The van der Waals surface area contributed by atoms with Gasteiger partial charge in [-0.25, -0.2) is 23.8 Å². The lowest BCUT2D eigenvalue weighted by Gasteiger charge is -2.23. The molecule has 1 saturated heterocycles. The smallest absolute Gasteiger partial charge is 0.453 e. The van der Waals surface area contributed by atoms with Gasteiger partial charge >= 0.3 is 12.1 Å². The molecule has 1 heterocycles. The molecule has 0 saturated carbocycles. The number of ether oxygens (including phenoxy) is 6. The number of carbonyl (C=O) groups excluding carboxylic acids is 4. The van der Waals surface area contributed by atoms with Crippen molar-refractivity contribution < 1.29 is 61.8 Å². The Balaban J connectivity index is 1.35. The van der Waals surface area contributed by atoms with Crippen LogP contribution < -0.4 is 24.3 Å². The van der Waals surface area contributed by atoms with Gasteiger partial charge in [0.2, 0.25) is 0 Å². The first-order valence-electron chi connectivity index (χ1n) is 15.1. The molecule has 2 amide bonds. The Bertz CT molecular complexity index is 1630. The van der Waals surface area contributed by atoms with Crippen LogP contribution in [0.2, 0.25) is 0 Å². The molecule has 1 fully saturated rings. The van der Waals surface area contributed by atoms with Gasteiger partial charge in [0.05, 0.1) is 19.8 Å². The predicted molar refractivity (Wildman–Crippen MR) is 169 cm³/mol. The largest absolute Gasteiger partial charge is 0.494 e. The van der Waals surface area contributed by atoms with Gasteiger partial charge in [0.25, 0.3) is 5.91 Å². The molecular weight excluding hydrogens is 647 g/mol. The molecule has 49 heavy (non-hydrogen) atoms. The van der Waals surface area contributed by atoms with Crippen LogP contribution in [-0.2, 0) is 19.2 Å². The summed E-state index contributed by atoms with van der Waals surface area (Å²) in [6, 6.07) is 12.1. The summed E-state index contributed by atoms with van der Waals surface area (Å²) in [4.78, 5) is 62.7. The van der Waals surface area contributed by atoms with Gasteiger partial charge in [-0.3, -0.25) is 9.59 Å². The standard InChI is InChI=1S/C34H37FN2O12/c1-42-19-46-25-13-12-23(17-28(25)45-4)32(39)36-24-7-5-6-16-37(18-24)34(41)49-48-33(40)22-10-8-21(9-11-22)31(38)29-26(47-20-43-2)14-15-27(44-3)30(29)35/h8-15,17,24H,5-7,16,18-20H2,1-4H3,(H,36,39). The summed E-state index contributed by atoms with van der Waals surface area (Å²) in [5.74, 6) is -2.49. The number of nitrogens with zero attached hydrogens (tertiary/aromatic N) is 1. The van der Waals surface area contributed by atoms with E-state index in [1.54, 1.807) is 12.1 Å². The monoisotopic (exact) mass is 684 g/mol. The fourth-order valence-electron chi connectivity index (χ4n) is 4.97. The maximum absolute atomic E-state index is 15.1. The Morgan fingerprint density at radius 1 is 0.755 bits per heavy atom. The first kappa shape index (κ1) is 36.4. The molecule has 1 aliphatic rings. The molecule has 262 valence electrons. The molecule has 1 atom stereocenters. The number of amides is 2. The predicted octanol–water partition coefficient (Wildman–Crippen LogP) is 4.53. The van der Waals surface area contributed by atoms with Gasteiger partial charge in [0.15, 0.2) is 42.4 Å². The number of rotatable bonds is 13. The maximum atomic E-state index is 15.1. The van der Waals surface area contributed by atoms with Crippen molar-refractivity contribution in [1.29, 1.82) is 0 Å². The van der Waals surface area contributed by atoms with Gasteiger partial charge in [-0.1, -0.05) is 12.1 Å². The third kappa shape index (κ3) is 9.36. The third-order valence-electron chi connectivity index (χ3n) is 7.44. The lowest BCUT2D eigenvalue weighted by atomic mass is 10.00. The quantitative estimate of drug-likeness (QED) is 0.116. The molecule has 0 aliphatic carbocycles. The van der Waals surface area contributed by atoms with Crippen LogP contribution in [0.5, 0.6) is 23.0 Å². The van der Waals surface area contributed by atoms with Crippen LogP contribution in [0.25, 0.3) is 0 Å². The van der Waals surface area contributed by atoms with Crippen molar-refractivity contribution in [2.75, 3.05) is 55.1 Å². The number of ketones is 1. The summed E-state index contributed by atoms with van der Waals surface area (Å²) in [5, 5.41) is 2.92. The highest BCUT2D eigenvalue weighted by molar-refractivity contribution is 6.11. The average Bonchev–Trinajstić information content (AvgIpc) is 3.37. The molecule has 15 heteroatoms. The average molecular weight is 685 g/mol. The Hall–Kier alpha value is -5.41. The number of hydrogen-bond acceptors (Lipinski definition) is 12. The van der Waals surface area contributed by atoms with Crippen molar-refractivity contribution in [2.45, 2.75) is 25.3 Å². The molecular formula is C34H37FN2O12. The SMILES string of the molecule is COCOc1ccc(C(=O)NC2CCCCN(C(=O)OOC(=O)c3ccc(C(=O)c4c(OCOC)ccc(OC)c4F)cc3)C2)cc1OC. The molecule has 0 bridgehead atoms. The highest BCUT2D eigenvalue weighted by Gasteiger charge is 2.27. The minimum Gasteiger partial charge on any atom is -0.494 e. The summed E-state index contributed by atoms with van der Waals surface area (Å²) in [7, 11) is 5.58. The molecule has 14 nitrogen and oxygen atoms in total. The number of hydrogen-bond donors (Lipinski definition) is 1. The lowest BCUT2D eigenvalue weighted by Crippen LogP contribution is -2.45. The summed E-state index contributed by atoms with van der Waals surface area (Å²) in [6.07, 6.45) is 1.05. The van der Waals surface area contributed by atoms with E-state index in [0.29, 0.717) is 36.4 Å². The fraction of sp³-hybridized carbons (Fsp3) is 0.353. The van der Waals surface area contributed by atoms with Gasteiger partial charge in [-0.15, -0.1) is 0 Å². The second kappa shape index (κ2) is 17.7. The Morgan fingerprint density at radius 3 is 2.04 bits per heavy atom. The molecule has 1 aliphatic heterocycles. The number of likely N-dealkylation sites (tertiary alicyclic amines) is 1. The molecule has 1 unspecified atom stereocenters. The second-order valence-corrected chi connectivity index (χ2v) is 10.7. The van der Waals surface area contributed by atoms with Crippen molar-refractivity contribution in [3.8, 4) is 23.0 Å². The summed E-state index contributed by atoms with van der Waals surface area (Å²) < 4.78 is 45.9. The van der Waals surface area contributed by atoms with Gasteiger partial charge < -0.3 is 38.6 Å². The van der Waals surface area contributed by atoms with E-state index in [9.17, 15) is 19.2 Å². The minimum absolute atomic E-state index is 0.0127. The van der Waals surface area contributed by atoms with E-state index in [1.807, 2.05) is 0 Å². The van der Waals surface area contributed by atoms with E-state index in [4.69, 9.17) is 38.2 Å². The van der Waals surface area contributed by atoms with Crippen LogP contribution in [0.4, 0.5) is 9.18 Å². The summed E-state index contributed by atoms with van der Waals surface area (Å²) in [6.45, 7) is 0.217. The van der Waals surface area contributed by atoms with Gasteiger partial charge in [0.1, 0.15) is 11.3 Å². The molecule has 0 radical (unpaired) electrons. The number of halogens is 1. The fourth-order valence-corrected chi connectivity index (χ4v) is 4.97. The van der Waals surface area contributed by atoms with E-state index < -0.39 is 29.7 Å². The van der Waals surface area contributed by atoms with Crippen LogP contribution in [0, 0.1) is 5.82 Å². The Labute approximate surface area is 281 Å². The molecule has 0 aromatic heterocycles. The second-order valence-electron chi connectivity index (χ2n) is 10.7. The highest BCUT2D eigenvalue weighted by atomic mass is 19.1. The molecule has 1 N–H and O–H groups in total. The number of methoxy groups -OCH3 is 4. The van der Waals surface area contributed by atoms with Crippen molar-refractivity contribution in [3.05, 3.63) is 82.7 Å². The molecule has 4 rings (SSSR count). The highest BCUT2D eigenvalue weighted by Crippen LogP contribution is 2.31. The summed E-state index contributed by atoms with van der Waals surface area (Å²) >= 11 is 0. The van der Waals surface area contributed by atoms with E-state index in [0.717, 1.165) is 6.42 Å². The molecule has 3 aromatic rings. The zero-order valence-corrected chi connectivity index (χ0v) is 27.4. The molecule has 3 aromatic carbocycles. The zero-order chi connectivity index (χ0) is 35.3. The van der Waals surface area contributed by atoms with Gasteiger partial charge in [0, 0.05) is 44.5 Å². The Kier molecular flexibility index (Phi) is 13.1. The minimum atomic E-state index is -1.00. The first-order chi connectivity index (χ1) is 23.7. The van der Waals surface area contributed by atoms with E-state index in [2.05, 4.69) is 5.32 Å². The van der Waals surface area contributed by atoms with Crippen molar-refractivity contribution >= 4 is 23.8 Å². The summed E-state index contributed by atoms with van der Waals surface area (Å²) in [5.41, 5.74) is -0.0521. The Morgan fingerprint density at radius 2 is 1.37 bits per heavy atom. The van der Waals surface area contributed by atoms with Crippen LogP contribution in [0.15, 0.2) is 54.6 Å². The van der Waals surface area contributed by atoms with Gasteiger partial charge in [-0.05, 0) is 61.7 Å². The van der Waals surface area contributed by atoms with Crippen molar-refractivity contribution in [1.82, 2.24) is 10.2 Å². The van der Waals surface area contributed by atoms with E-state index in [-0.39, 0.29) is 54.2 Å². The number of nitrogens with one attached hydrogen (secondary N) is 1. The normalized spacial score (nSPS) is 14.2. The van der Waals surface area contributed by atoms with E-state index >= 15 is 4.39 Å². The van der Waals surface area contributed by atoms with Crippen LogP contribution >= 0.6 is 0 Å². The lowest BCUT2D eigenvalue weighted by molar-refractivity contribution is -0.192. The third-order valence-corrected chi connectivity index (χ3v) is 7.44. The van der Waals surface area contributed by atoms with Crippen molar-refractivity contribution in [3.63, 3.8) is 0 Å². The number of carbonyl (C=O) groups is 4. The van der Waals surface area contributed by atoms with Gasteiger partial charge in [-0.2, -0.15) is 0 Å². The van der Waals surface area contributed by atoms with Crippen molar-refractivity contribution in [2.24, 2.45) is 0 Å². The first-order valence-corrected chi connectivity index (χ1v) is 15.1. The van der Waals surface area contributed by atoms with Crippen LogP contribution in [-0.4, -0.2) is 89.8 Å². The number of benzene rings is 3. The van der Waals surface area contributed by atoms with Crippen LogP contribution in [0.1, 0.15) is 55.9 Å². The topological polar surface area (TPSA) is 157 Å². The van der Waals surface area contributed by atoms with Crippen LogP contribution in [0.3, 0.4) is 0 Å².